The van der Waals surface area contributed by atoms with E-state index < -0.39 is 0 Å². The number of amides is 1. The molecule has 1 unspecified atom stereocenters. The normalized spacial score (nSPS) is 14.0. The van der Waals surface area contributed by atoms with E-state index >= 15 is 0 Å². The van der Waals surface area contributed by atoms with Crippen molar-refractivity contribution in [2.24, 2.45) is 5.73 Å². The highest BCUT2D eigenvalue weighted by Gasteiger charge is 2.27. The molecule has 0 saturated heterocycles. The molecule has 3 N–H and O–H groups in total. The van der Waals surface area contributed by atoms with Gasteiger partial charge >= 0.3 is 0 Å². The summed E-state index contributed by atoms with van der Waals surface area (Å²) in [5.74, 6) is -0.0869. The van der Waals surface area contributed by atoms with E-state index in [9.17, 15) is 4.79 Å². The molecule has 1 heterocycles. The number of nitrogens with two attached hydrogens (primary N) is 1. The van der Waals surface area contributed by atoms with Gasteiger partial charge in [-0.2, -0.15) is 5.10 Å². The molecule has 0 saturated carbocycles. The first kappa shape index (κ1) is 18.5. The molecule has 6 heteroatoms. The SMILES string of the molecule is Cc1ccccc1-n1nc(C(=O)NCCC(C)N)c2c1CCC2.Cl. The Morgan fingerprint density at radius 3 is 2.83 bits per heavy atom. The molecule has 0 fully saturated rings. The Morgan fingerprint density at radius 1 is 1.38 bits per heavy atom. The third-order valence-corrected chi connectivity index (χ3v) is 4.37. The third kappa shape index (κ3) is 3.62. The van der Waals surface area contributed by atoms with E-state index in [0.717, 1.165) is 42.5 Å². The van der Waals surface area contributed by atoms with Crippen molar-refractivity contribution in [3.05, 3.63) is 46.8 Å². The molecule has 1 atom stereocenters. The number of nitrogens with one attached hydrogen (secondary N) is 1. The van der Waals surface area contributed by atoms with Crippen LogP contribution in [0.5, 0.6) is 0 Å². The van der Waals surface area contributed by atoms with Gasteiger partial charge in [-0.1, -0.05) is 18.2 Å². The number of fused-ring (bicyclic) bond motifs is 1. The van der Waals surface area contributed by atoms with Crippen LogP contribution < -0.4 is 11.1 Å². The van der Waals surface area contributed by atoms with Crippen LogP contribution in [0.2, 0.25) is 0 Å². The molecule has 1 aliphatic carbocycles. The summed E-state index contributed by atoms with van der Waals surface area (Å²) in [5, 5.41) is 7.58. The molecule has 1 aromatic carbocycles. The highest BCUT2D eigenvalue weighted by Crippen LogP contribution is 2.28. The fraction of sp³-hybridized carbons (Fsp3) is 0.444. The zero-order valence-corrected chi connectivity index (χ0v) is 15.0. The monoisotopic (exact) mass is 348 g/mol. The zero-order chi connectivity index (χ0) is 16.4. The number of carbonyl (C=O) groups is 1. The lowest BCUT2D eigenvalue weighted by molar-refractivity contribution is 0.0946. The number of halogens is 1. The molecule has 0 spiro atoms. The predicted octanol–water partition coefficient (Wildman–Crippen LogP) is 2.56. The quantitative estimate of drug-likeness (QED) is 0.872. The van der Waals surface area contributed by atoms with Gasteiger partial charge in [-0.05, 0) is 51.2 Å². The Morgan fingerprint density at radius 2 is 2.12 bits per heavy atom. The highest BCUT2D eigenvalue weighted by atomic mass is 35.5. The van der Waals surface area contributed by atoms with Gasteiger partial charge < -0.3 is 11.1 Å². The average Bonchev–Trinajstić information content (AvgIpc) is 3.09. The van der Waals surface area contributed by atoms with Crippen LogP contribution in [0.25, 0.3) is 5.69 Å². The minimum absolute atomic E-state index is 0. The second kappa shape index (κ2) is 7.81. The number of hydrogen-bond donors (Lipinski definition) is 2. The van der Waals surface area contributed by atoms with Crippen molar-refractivity contribution in [2.75, 3.05) is 6.54 Å². The molecule has 0 bridgehead atoms. The van der Waals surface area contributed by atoms with E-state index in [2.05, 4.69) is 29.5 Å². The van der Waals surface area contributed by atoms with Crippen LogP contribution in [0.3, 0.4) is 0 Å². The summed E-state index contributed by atoms with van der Waals surface area (Å²) < 4.78 is 1.96. The fourth-order valence-electron chi connectivity index (χ4n) is 3.12. The molecule has 0 aliphatic heterocycles. The van der Waals surface area contributed by atoms with Crippen LogP contribution >= 0.6 is 12.4 Å². The van der Waals surface area contributed by atoms with Crippen molar-refractivity contribution in [3.8, 4) is 5.69 Å². The van der Waals surface area contributed by atoms with Gasteiger partial charge in [-0.25, -0.2) is 4.68 Å². The standard InChI is InChI=1S/C18H24N4O.ClH/c1-12-6-3-4-8-15(12)22-16-9-5-7-14(16)17(21-22)18(23)20-11-10-13(2)19;/h3-4,6,8,13H,5,7,9-11,19H2,1-2H3,(H,20,23);1H. The minimum atomic E-state index is -0.0869. The number of benzene rings is 1. The van der Waals surface area contributed by atoms with Crippen LogP contribution in [0.4, 0.5) is 0 Å². The first-order valence-electron chi connectivity index (χ1n) is 8.28. The summed E-state index contributed by atoms with van der Waals surface area (Å²) in [6.07, 6.45) is 3.76. The van der Waals surface area contributed by atoms with Crippen LogP contribution in [-0.2, 0) is 12.8 Å². The van der Waals surface area contributed by atoms with Crippen LogP contribution in [0.1, 0.15) is 47.1 Å². The molecule has 3 rings (SSSR count). The number of hydrogen-bond acceptors (Lipinski definition) is 3. The third-order valence-electron chi connectivity index (χ3n) is 4.37. The highest BCUT2D eigenvalue weighted by molar-refractivity contribution is 5.94. The lowest BCUT2D eigenvalue weighted by Crippen LogP contribution is -2.29. The van der Waals surface area contributed by atoms with E-state index in [-0.39, 0.29) is 24.4 Å². The topological polar surface area (TPSA) is 72.9 Å². The van der Waals surface area contributed by atoms with Gasteiger partial charge in [0.05, 0.1) is 5.69 Å². The van der Waals surface area contributed by atoms with Gasteiger partial charge in [-0.3, -0.25) is 4.79 Å². The van der Waals surface area contributed by atoms with E-state index in [4.69, 9.17) is 5.73 Å². The number of carbonyl (C=O) groups excluding carboxylic acids is 1. The molecule has 5 nitrogen and oxygen atoms in total. The Labute approximate surface area is 149 Å². The Balaban J connectivity index is 0.00000208. The number of rotatable bonds is 5. The maximum atomic E-state index is 12.5. The summed E-state index contributed by atoms with van der Waals surface area (Å²) in [5.41, 5.74) is 10.8. The largest absolute Gasteiger partial charge is 0.351 e. The molecule has 1 amide bonds. The summed E-state index contributed by atoms with van der Waals surface area (Å²) in [7, 11) is 0. The van der Waals surface area contributed by atoms with Gasteiger partial charge in [0.15, 0.2) is 5.69 Å². The van der Waals surface area contributed by atoms with Gasteiger partial charge in [0.1, 0.15) is 0 Å². The van der Waals surface area contributed by atoms with E-state index in [0.29, 0.717) is 12.2 Å². The summed E-state index contributed by atoms with van der Waals surface area (Å²) >= 11 is 0. The lowest BCUT2D eigenvalue weighted by Gasteiger charge is -2.08. The van der Waals surface area contributed by atoms with E-state index in [1.807, 2.05) is 23.7 Å². The van der Waals surface area contributed by atoms with Gasteiger partial charge in [0.2, 0.25) is 0 Å². The van der Waals surface area contributed by atoms with Crippen molar-refractivity contribution in [3.63, 3.8) is 0 Å². The molecular formula is C18H25ClN4O. The van der Waals surface area contributed by atoms with Crippen LogP contribution in [0.15, 0.2) is 24.3 Å². The molecule has 130 valence electrons. The van der Waals surface area contributed by atoms with Gasteiger partial charge in [-0.15, -0.1) is 12.4 Å². The molecule has 0 radical (unpaired) electrons. The van der Waals surface area contributed by atoms with Crippen molar-refractivity contribution in [1.29, 1.82) is 0 Å². The Kier molecular flexibility index (Phi) is 6.02. The predicted molar refractivity (Wildman–Crippen MR) is 98.2 cm³/mol. The molecular weight excluding hydrogens is 324 g/mol. The zero-order valence-electron chi connectivity index (χ0n) is 14.2. The number of para-hydroxylation sites is 1. The molecule has 1 aromatic heterocycles. The average molecular weight is 349 g/mol. The maximum absolute atomic E-state index is 12.5. The first-order valence-corrected chi connectivity index (χ1v) is 8.28. The van der Waals surface area contributed by atoms with Crippen molar-refractivity contribution in [2.45, 2.75) is 45.6 Å². The summed E-state index contributed by atoms with van der Waals surface area (Å²) in [4.78, 5) is 12.5. The number of aryl methyl sites for hydroxylation is 1. The second-order valence-corrected chi connectivity index (χ2v) is 6.35. The van der Waals surface area contributed by atoms with Crippen LogP contribution in [0, 0.1) is 6.92 Å². The van der Waals surface area contributed by atoms with Crippen molar-refractivity contribution >= 4 is 18.3 Å². The van der Waals surface area contributed by atoms with Gasteiger partial charge in [0.25, 0.3) is 5.91 Å². The fourth-order valence-corrected chi connectivity index (χ4v) is 3.12. The van der Waals surface area contributed by atoms with Gasteiger partial charge in [0, 0.05) is 23.8 Å². The smallest absolute Gasteiger partial charge is 0.272 e. The van der Waals surface area contributed by atoms with E-state index in [1.165, 1.54) is 5.69 Å². The molecule has 1 aliphatic rings. The number of nitrogens with zero attached hydrogens (tertiary/aromatic N) is 2. The van der Waals surface area contributed by atoms with Crippen LogP contribution in [-0.4, -0.2) is 28.3 Å². The summed E-state index contributed by atoms with van der Waals surface area (Å²) in [6, 6.07) is 8.24. The van der Waals surface area contributed by atoms with Crippen molar-refractivity contribution < 1.29 is 4.79 Å². The minimum Gasteiger partial charge on any atom is -0.351 e. The maximum Gasteiger partial charge on any atom is 0.272 e. The molecule has 2 aromatic rings. The lowest BCUT2D eigenvalue weighted by atomic mass is 10.1. The van der Waals surface area contributed by atoms with E-state index in [1.54, 1.807) is 0 Å². The Hall–Kier alpha value is -1.85. The molecule has 24 heavy (non-hydrogen) atoms. The second-order valence-electron chi connectivity index (χ2n) is 6.35. The first-order chi connectivity index (χ1) is 11.1. The number of aromatic nitrogens is 2. The Bertz CT molecular complexity index is 724. The van der Waals surface area contributed by atoms with Crippen molar-refractivity contribution in [1.82, 2.24) is 15.1 Å². The summed E-state index contributed by atoms with van der Waals surface area (Å²) in [6.45, 7) is 4.60.